The first-order chi connectivity index (χ1) is 15.1. The Labute approximate surface area is 185 Å². The third-order valence-electron chi connectivity index (χ3n) is 5.16. The highest BCUT2D eigenvalue weighted by Crippen LogP contribution is 2.27. The number of piperidine rings is 1. The Morgan fingerprint density at radius 1 is 1.23 bits per heavy atom. The van der Waals surface area contributed by atoms with Crippen LogP contribution in [0.25, 0.3) is 0 Å². The fraction of sp³-hybridized carbons (Fsp3) is 0.304. The Morgan fingerprint density at radius 3 is 2.84 bits per heavy atom. The van der Waals surface area contributed by atoms with Crippen LogP contribution in [0.15, 0.2) is 64.3 Å². The molecule has 1 aliphatic rings. The highest BCUT2D eigenvalue weighted by Gasteiger charge is 2.30. The van der Waals surface area contributed by atoms with Crippen molar-refractivity contribution in [3.63, 3.8) is 0 Å². The van der Waals surface area contributed by atoms with Crippen LogP contribution in [0, 0.1) is 12.8 Å². The predicted molar refractivity (Wildman–Crippen MR) is 119 cm³/mol. The molecular weight excluding hydrogens is 412 g/mol. The molecule has 1 aromatic carbocycles. The highest BCUT2D eigenvalue weighted by atomic mass is 32.2. The quantitative estimate of drug-likeness (QED) is 0.584. The van der Waals surface area contributed by atoms with Gasteiger partial charge in [0.05, 0.1) is 17.2 Å². The largest absolute Gasteiger partial charge is 0.361 e. The number of aryl methyl sites for hydroxylation is 1. The molecule has 1 aliphatic heterocycles. The van der Waals surface area contributed by atoms with Crippen LogP contribution in [0.2, 0.25) is 0 Å². The fourth-order valence-corrected chi connectivity index (χ4v) is 4.48. The van der Waals surface area contributed by atoms with Crippen LogP contribution in [0.5, 0.6) is 0 Å². The number of benzene rings is 1. The molecule has 0 saturated carbocycles. The van der Waals surface area contributed by atoms with Gasteiger partial charge in [0.25, 0.3) is 5.91 Å². The minimum atomic E-state index is -0.233. The molecule has 4 rings (SSSR count). The normalized spacial score (nSPS) is 16.2. The van der Waals surface area contributed by atoms with Gasteiger partial charge in [-0.2, -0.15) is 0 Å². The van der Waals surface area contributed by atoms with Crippen molar-refractivity contribution in [2.45, 2.75) is 30.5 Å². The number of pyridine rings is 1. The Morgan fingerprint density at radius 2 is 2.06 bits per heavy atom. The zero-order chi connectivity index (χ0) is 21.6. The predicted octanol–water partition coefficient (Wildman–Crippen LogP) is 4.16. The van der Waals surface area contributed by atoms with Gasteiger partial charge in [0.1, 0.15) is 10.8 Å². The fourth-order valence-electron chi connectivity index (χ4n) is 3.61. The van der Waals surface area contributed by atoms with Crippen molar-refractivity contribution in [3.8, 4) is 0 Å². The van der Waals surface area contributed by atoms with E-state index in [0.717, 1.165) is 30.0 Å². The maximum absolute atomic E-state index is 13.3. The first-order valence-electron chi connectivity index (χ1n) is 10.3. The first kappa shape index (κ1) is 21.1. The molecule has 3 aromatic rings. The summed E-state index contributed by atoms with van der Waals surface area (Å²) in [7, 11) is 0. The molecule has 31 heavy (non-hydrogen) atoms. The standard InChI is InChI=1S/C23H24N4O3S/c1-16-13-19(26-30-16)15-31-22-20(10-5-11-24-22)23(29)27-12-6-7-17(14-27)21(28)25-18-8-3-2-4-9-18/h2-5,8-11,13,17H,6-7,12,14-15H2,1H3,(H,25,28). The van der Waals surface area contributed by atoms with Crippen LogP contribution in [0.1, 0.15) is 34.7 Å². The second-order valence-electron chi connectivity index (χ2n) is 7.52. The number of amides is 2. The van der Waals surface area contributed by atoms with E-state index >= 15 is 0 Å². The molecule has 160 valence electrons. The lowest BCUT2D eigenvalue weighted by Crippen LogP contribution is -2.44. The van der Waals surface area contributed by atoms with Gasteiger partial charge >= 0.3 is 0 Å². The Balaban J connectivity index is 1.42. The average molecular weight is 437 g/mol. The van der Waals surface area contributed by atoms with E-state index < -0.39 is 0 Å². The summed E-state index contributed by atoms with van der Waals surface area (Å²) in [6.45, 7) is 2.88. The van der Waals surface area contributed by atoms with Crippen molar-refractivity contribution >= 4 is 29.3 Å². The second-order valence-corrected chi connectivity index (χ2v) is 8.48. The minimum Gasteiger partial charge on any atom is -0.361 e. The smallest absolute Gasteiger partial charge is 0.256 e. The van der Waals surface area contributed by atoms with E-state index in [1.54, 1.807) is 23.2 Å². The number of nitrogens with zero attached hydrogens (tertiary/aromatic N) is 3. The molecule has 1 N–H and O–H groups in total. The molecule has 3 heterocycles. The number of thioether (sulfide) groups is 1. The molecule has 0 radical (unpaired) electrons. The highest BCUT2D eigenvalue weighted by molar-refractivity contribution is 7.98. The molecular formula is C23H24N4O3S. The summed E-state index contributed by atoms with van der Waals surface area (Å²) in [6, 6.07) is 14.8. The topological polar surface area (TPSA) is 88.3 Å². The number of hydrogen-bond donors (Lipinski definition) is 1. The molecule has 2 amide bonds. The van der Waals surface area contributed by atoms with E-state index in [1.807, 2.05) is 43.3 Å². The minimum absolute atomic E-state index is 0.0501. The van der Waals surface area contributed by atoms with Crippen molar-refractivity contribution in [1.29, 1.82) is 0 Å². The summed E-state index contributed by atoms with van der Waals surface area (Å²) in [4.78, 5) is 32.2. The van der Waals surface area contributed by atoms with Gasteiger partial charge < -0.3 is 14.7 Å². The number of aromatic nitrogens is 2. The molecule has 0 spiro atoms. The Hall–Kier alpha value is -3.13. The summed E-state index contributed by atoms with van der Waals surface area (Å²) in [5, 5.41) is 7.61. The molecule has 1 atom stereocenters. The lowest BCUT2D eigenvalue weighted by atomic mass is 9.96. The zero-order valence-electron chi connectivity index (χ0n) is 17.3. The summed E-state index contributed by atoms with van der Waals surface area (Å²) < 4.78 is 5.11. The molecule has 1 unspecified atom stereocenters. The summed E-state index contributed by atoms with van der Waals surface area (Å²) in [6.07, 6.45) is 3.24. The van der Waals surface area contributed by atoms with Gasteiger partial charge in [0.2, 0.25) is 5.91 Å². The van der Waals surface area contributed by atoms with Gasteiger partial charge in [0, 0.05) is 36.8 Å². The van der Waals surface area contributed by atoms with Gasteiger partial charge in [0.15, 0.2) is 0 Å². The number of carbonyl (C=O) groups excluding carboxylic acids is 2. The van der Waals surface area contributed by atoms with Gasteiger partial charge in [-0.15, -0.1) is 0 Å². The number of nitrogens with one attached hydrogen (secondary N) is 1. The lowest BCUT2D eigenvalue weighted by molar-refractivity contribution is -0.121. The number of para-hydroxylation sites is 1. The van der Waals surface area contributed by atoms with Crippen molar-refractivity contribution in [2.75, 3.05) is 18.4 Å². The Bertz CT molecular complexity index is 1050. The summed E-state index contributed by atoms with van der Waals surface area (Å²) in [5.74, 6) is 0.941. The number of carbonyl (C=O) groups is 2. The number of anilines is 1. The summed E-state index contributed by atoms with van der Waals surface area (Å²) >= 11 is 1.45. The molecule has 2 aromatic heterocycles. The van der Waals surface area contributed by atoms with Crippen LogP contribution in [-0.4, -0.2) is 39.9 Å². The number of hydrogen-bond acceptors (Lipinski definition) is 6. The molecule has 0 aliphatic carbocycles. The van der Waals surface area contributed by atoms with E-state index in [-0.39, 0.29) is 17.7 Å². The van der Waals surface area contributed by atoms with Crippen molar-refractivity contribution in [3.05, 3.63) is 71.7 Å². The molecule has 0 bridgehead atoms. The van der Waals surface area contributed by atoms with Crippen LogP contribution in [-0.2, 0) is 10.5 Å². The van der Waals surface area contributed by atoms with Crippen molar-refractivity contribution < 1.29 is 14.1 Å². The van der Waals surface area contributed by atoms with Gasteiger partial charge in [-0.25, -0.2) is 4.98 Å². The van der Waals surface area contributed by atoms with Crippen molar-refractivity contribution in [1.82, 2.24) is 15.0 Å². The van der Waals surface area contributed by atoms with Crippen LogP contribution in [0.4, 0.5) is 5.69 Å². The van der Waals surface area contributed by atoms with Gasteiger partial charge in [-0.1, -0.05) is 35.1 Å². The van der Waals surface area contributed by atoms with E-state index in [4.69, 9.17) is 4.52 Å². The molecule has 1 saturated heterocycles. The first-order valence-corrected chi connectivity index (χ1v) is 11.2. The SMILES string of the molecule is Cc1cc(CSc2ncccc2C(=O)N2CCCC(C(=O)Nc3ccccc3)C2)no1. The van der Waals surface area contributed by atoms with E-state index in [2.05, 4.69) is 15.5 Å². The molecule has 8 heteroatoms. The summed E-state index contributed by atoms with van der Waals surface area (Å²) in [5.41, 5.74) is 2.13. The number of rotatable bonds is 6. The maximum atomic E-state index is 13.3. The van der Waals surface area contributed by atoms with E-state index in [1.165, 1.54) is 11.8 Å². The van der Waals surface area contributed by atoms with E-state index in [0.29, 0.717) is 29.4 Å². The molecule has 7 nitrogen and oxygen atoms in total. The zero-order valence-corrected chi connectivity index (χ0v) is 18.1. The Kier molecular flexibility index (Phi) is 6.66. The number of likely N-dealkylation sites (tertiary alicyclic amines) is 1. The van der Waals surface area contributed by atoms with Gasteiger partial charge in [-0.05, 0) is 44.0 Å². The second kappa shape index (κ2) is 9.78. The van der Waals surface area contributed by atoms with Crippen LogP contribution >= 0.6 is 11.8 Å². The average Bonchev–Trinajstić information content (AvgIpc) is 3.23. The van der Waals surface area contributed by atoms with Crippen LogP contribution < -0.4 is 5.32 Å². The van der Waals surface area contributed by atoms with Crippen LogP contribution in [0.3, 0.4) is 0 Å². The van der Waals surface area contributed by atoms with Gasteiger partial charge in [-0.3, -0.25) is 9.59 Å². The third kappa shape index (κ3) is 5.32. The maximum Gasteiger partial charge on any atom is 0.256 e. The van der Waals surface area contributed by atoms with Crippen molar-refractivity contribution in [2.24, 2.45) is 5.92 Å². The monoisotopic (exact) mass is 436 g/mol. The van der Waals surface area contributed by atoms with E-state index in [9.17, 15) is 9.59 Å². The third-order valence-corrected chi connectivity index (χ3v) is 6.19. The molecule has 1 fully saturated rings. The lowest BCUT2D eigenvalue weighted by Gasteiger charge is -2.32.